The third kappa shape index (κ3) is 3.45. The Labute approximate surface area is 128 Å². The number of hydrogen-bond donors (Lipinski definition) is 2. The Kier molecular flexibility index (Phi) is 4.61. The molecule has 0 fully saturated rings. The number of thiophene rings is 1. The van der Waals surface area contributed by atoms with Gasteiger partial charge in [0, 0.05) is 26.8 Å². The SMILES string of the molecule is NC(=S)c1ccc(NCc2cc(Br)cs2)c(Cl)c1. The van der Waals surface area contributed by atoms with E-state index in [-0.39, 0.29) is 0 Å². The minimum absolute atomic E-state index is 0.352. The highest BCUT2D eigenvalue weighted by Crippen LogP contribution is 2.25. The van der Waals surface area contributed by atoms with E-state index in [1.807, 2.05) is 12.1 Å². The van der Waals surface area contributed by atoms with Crippen molar-refractivity contribution >= 4 is 61.8 Å². The van der Waals surface area contributed by atoms with E-state index < -0.39 is 0 Å². The molecule has 1 aromatic carbocycles. The lowest BCUT2D eigenvalue weighted by Crippen LogP contribution is -2.09. The first-order valence-electron chi connectivity index (χ1n) is 5.12. The molecule has 2 aromatic rings. The van der Waals surface area contributed by atoms with E-state index in [1.165, 1.54) is 4.88 Å². The van der Waals surface area contributed by atoms with Gasteiger partial charge >= 0.3 is 0 Å². The molecule has 18 heavy (non-hydrogen) atoms. The lowest BCUT2D eigenvalue weighted by atomic mass is 10.2. The summed E-state index contributed by atoms with van der Waals surface area (Å²) in [7, 11) is 0. The quantitative estimate of drug-likeness (QED) is 0.792. The van der Waals surface area contributed by atoms with Crippen LogP contribution >= 0.6 is 51.1 Å². The number of nitrogens with one attached hydrogen (secondary N) is 1. The van der Waals surface area contributed by atoms with E-state index in [0.29, 0.717) is 10.0 Å². The summed E-state index contributed by atoms with van der Waals surface area (Å²) in [6.07, 6.45) is 0. The lowest BCUT2D eigenvalue weighted by molar-refractivity contribution is 1.19. The van der Waals surface area contributed by atoms with Gasteiger partial charge in [-0.25, -0.2) is 0 Å². The first kappa shape index (κ1) is 13.8. The molecule has 0 radical (unpaired) electrons. The second-order valence-electron chi connectivity index (χ2n) is 3.64. The molecule has 0 spiro atoms. The summed E-state index contributed by atoms with van der Waals surface area (Å²) in [6.45, 7) is 0.738. The van der Waals surface area contributed by atoms with Gasteiger partial charge in [-0.3, -0.25) is 0 Å². The molecule has 0 aliphatic heterocycles. The molecule has 2 rings (SSSR count). The number of hydrogen-bond acceptors (Lipinski definition) is 3. The number of benzene rings is 1. The van der Waals surface area contributed by atoms with Crippen LogP contribution in [-0.4, -0.2) is 4.99 Å². The van der Waals surface area contributed by atoms with E-state index in [4.69, 9.17) is 29.6 Å². The molecule has 6 heteroatoms. The van der Waals surface area contributed by atoms with Crippen molar-refractivity contribution in [2.45, 2.75) is 6.54 Å². The third-order valence-electron chi connectivity index (χ3n) is 2.33. The van der Waals surface area contributed by atoms with E-state index >= 15 is 0 Å². The molecule has 2 nitrogen and oxygen atoms in total. The van der Waals surface area contributed by atoms with Gasteiger partial charge in [-0.2, -0.15) is 0 Å². The van der Waals surface area contributed by atoms with Crippen molar-refractivity contribution in [2.75, 3.05) is 5.32 Å². The van der Waals surface area contributed by atoms with E-state index in [2.05, 4.69) is 32.7 Å². The molecule has 0 amide bonds. The van der Waals surface area contributed by atoms with Gasteiger partial charge < -0.3 is 11.1 Å². The fourth-order valence-electron chi connectivity index (χ4n) is 1.44. The Morgan fingerprint density at radius 2 is 2.22 bits per heavy atom. The van der Waals surface area contributed by atoms with Crippen molar-refractivity contribution in [1.29, 1.82) is 0 Å². The van der Waals surface area contributed by atoms with Crippen molar-refractivity contribution in [1.82, 2.24) is 0 Å². The van der Waals surface area contributed by atoms with Crippen LogP contribution in [0.4, 0.5) is 5.69 Å². The second kappa shape index (κ2) is 6.02. The van der Waals surface area contributed by atoms with Crippen LogP contribution < -0.4 is 11.1 Å². The Morgan fingerprint density at radius 1 is 1.44 bits per heavy atom. The van der Waals surface area contributed by atoms with E-state index in [1.54, 1.807) is 17.4 Å². The van der Waals surface area contributed by atoms with E-state index in [9.17, 15) is 0 Å². The summed E-state index contributed by atoms with van der Waals surface area (Å²) in [5.41, 5.74) is 7.20. The van der Waals surface area contributed by atoms with Crippen LogP contribution in [0.15, 0.2) is 34.1 Å². The highest BCUT2D eigenvalue weighted by atomic mass is 79.9. The van der Waals surface area contributed by atoms with Crippen LogP contribution in [-0.2, 0) is 6.54 Å². The monoisotopic (exact) mass is 360 g/mol. The fourth-order valence-corrected chi connectivity index (χ4v) is 3.21. The maximum atomic E-state index is 6.16. The minimum atomic E-state index is 0.352. The second-order valence-corrected chi connectivity index (χ2v) is 6.40. The average molecular weight is 362 g/mol. The Balaban J connectivity index is 2.08. The zero-order valence-electron chi connectivity index (χ0n) is 9.24. The van der Waals surface area contributed by atoms with Gasteiger partial charge in [0.15, 0.2) is 0 Å². The summed E-state index contributed by atoms with van der Waals surface area (Å²) in [6, 6.07) is 7.60. The molecular weight excluding hydrogens is 352 g/mol. The Hall–Kier alpha value is -0.620. The molecular formula is C12H10BrClN2S2. The van der Waals surface area contributed by atoms with Crippen LogP contribution in [0.25, 0.3) is 0 Å². The zero-order valence-corrected chi connectivity index (χ0v) is 13.2. The molecule has 0 aliphatic carbocycles. The van der Waals surface area contributed by atoms with Gasteiger partial charge in [0.25, 0.3) is 0 Å². The van der Waals surface area contributed by atoms with Crippen molar-refractivity contribution in [3.63, 3.8) is 0 Å². The largest absolute Gasteiger partial charge is 0.389 e. The molecule has 0 aliphatic rings. The van der Waals surface area contributed by atoms with Gasteiger partial charge in [-0.05, 0) is 40.2 Å². The highest BCUT2D eigenvalue weighted by Gasteiger charge is 2.04. The van der Waals surface area contributed by atoms with Crippen LogP contribution in [0, 0.1) is 0 Å². The van der Waals surface area contributed by atoms with Gasteiger partial charge in [0.2, 0.25) is 0 Å². The minimum Gasteiger partial charge on any atom is -0.389 e. The van der Waals surface area contributed by atoms with Crippen molar-refractivity contribution in [3.05, 3.63) is 49.6 Å². The number of anilines is 1. The molecule has 1 aromatic heterocycles. The molecule has 0 saturated heterocycles. The molecule has 0 bridgehead atoms. The predicted octanol–water partition coefficient (Wildman–Crippen LogP) is 4.41. The normalized spacial score (nSPS) is 10.3. The topological polar surface area (TPSA) is 38.0 Å². The van der Waals surface area contributed by atoms with Crippen molar-refractivity contribution in [2.24, 2.45) is 5.73 Å². The molecule has 94 valence electrons. The van der Waals surface area contributed by atoms with Crippen LogP contribution in [0.5, 0.6) is 0 Å². The maximum Gasteiger partial charge on any atom is 0.104 e. The fraction of sp³-hybridized carbons (Fsp3) is 0.0833. The Morgan fingerprint density at radius 3 is 2.78 bits per heavy atom. The summed E-state index contributed by atoms with van der Waals surface area (Å²) in [5, 5.41) is 5.95. The van der Waals surface area contributed by atoms with Crippen LogP contribution in [0.3, 0.4) is 0 Å². The Bertz CT molecular complexity index is 583. The lowest BCUT2D eigenvalue weighted by Gasteiger charge is -2.08. The summed E-state index contributed by atoms with van der Waals surface area (Å²) in [5.74, 6) is 0. The van der Waals surface area contributed by atoms with Gasteiger partial charge in [-0.15, -0.1) is 11.3 Å². The van der Waals surface area contributed by atoms with Crippen LogP contribution in [0.1, 0.15) is 10.4 Å². The average Bonchev–Trinajstić information content (AvgIpc) is 2.73. The maximum absolute atomic E-state index is 6.16. The first-order chi connectivity index (χ1) is 8.56. The molecule has 1 heterocycles. The molecule has 0 atom stereocenters. The molecule has 0 saturated carbocycles. The van der Waals surface area contributed by atoms with Crippen molar-refractivity contribution in [3.8, 4) is 0 Å². The van der Waals surface area contributed by atoms with Gasteiger partial charge in [0.05, 0.1) is 10.7 Å². The molecule has 0 unspecified atom stereocenters. The number of nitrogens with two attached hydrogens (primary N) is 1. The molecule has 3 N–H and O–H groups in total. The smallest absolute Gasteiger partial charge is 0.104 e. The van der Waals surface area contributed by atoms with Gasteiger partial charge in [-0.1, -0.05) is 23.8 Å². The zero-order chi connectivity index (χ0) is 13.1. The third-order valence-corrected chi connectivity index (χ3v) is 4.57. The van der Waals surface area contributed by atoms with Crippen LogP contribution in [0.2, 0.25) is 5.02 Å². The highest BCUT2D eigenvalue weighted by molar-refractivity contribution is 9.10. The van der Waals surface area contributed by atoms with E-state index in [0.717, 1.165) is 22.3 Å². The number of rotatable bonds is 4. The summed E-state index contributed by atoms with van der Waals surface area (Å²) >= 11 is 16.2. The van der Waals surface area contributed by atoms with Gasteiger partial charge in [0.1, 0.15) is 4.99 Å². The summed E-state index contributed by atoms with van der Waals surface area (Å²) < 4.78 is 1.10. The number of thiocarbonyl (C=S) groups is 1. The standard InChI is InChI=1S/C12H10BrClN2S2/c13-8-4-9(18-6-8)5-16-11-2-1-7(12(15)17)3-10(11)14/h1-4,6,16H,5H2,(H2,15,17). The predicted molar refractivity (Wildman–Crippen MR) is 86.7 cm³/mol. The number of halogens is 2. The summed E-state index contributed by atoms with van der Waals surface area (Å²) in [4.78, 5) is 1.59. The van der Waals surface area contributed by atoms with Crippen molar-refractivity contribution < 1.29 is 0 Å². The first-order valence-corrected chi connectivity index (χ1v) is 7.58.